The molecule has 0 N–H and O–H groups in total. The summed E-state index contributed by atoms with van der Waals surface area (Å²) in [6, 6.07) is 64.6. The topological polar surface area (TPSA) is 4.93 Å². The Kier molecular flexibility index (Phi) is 5.98. The third-order valence-corrected chi connectivity index (χ3v) is 17.0. The predicted octanol–water partition coefficient (Wildman–Crippen LogP) is 8.37. The highest BCUT2D eigenvalue weighted by molar-refractivity contribution is 7.79. The van der Waals surface area contributed by atoms with Gasteiger partial charge < -0.3 is 4.57 Å². The minimum Gasteiger partial charge on any atom is -0.309 e. The fraction of sp³-hybridized carbons (Fsp3) is 0.0667. The Balaban J connectivity index is 1.39. The van der Waals surface area contributed by atoms with Gasteiger partial charge in [-0.05, 0) is 74.7 Å². The molecule has 0 aliphatic carbocycles. The van der Waals surface area contributed by atoms with Crippen LogP contribution in [0.15, 0.2) is 170 Å². The van der Waals surface area contributed by atoms with E-state index in [1.165, 1.54) is 76.0 Å². The lowest BCUT2D eigenvalue weighted by Gasteiger charge is -2.50. The first kappa shape index (κ1) is 28.0. The second-order valence-electron chi connectivity index (χ2n) is 13.7. The summed E-state index contributed by atoms with van der Waals surface area (Å²) in [5.41, 5.74) is 9.09. The molecule has 228 valence electrons. The number of para-hydroxylation sites is 3. The molecule has 1 spiro atoms. The van der Waals surface area contributed by atoms with Crippen LogP contribution in [0.3, 0.4) is 0 Å². The molecule has 2 aliphatic heterocycles. The molecular weight excluding hydrogens is 614 g/mol. The van der Waals surface area contributed by atoms with Crippen LogP contribution in [-0.4, -0.2) is 12.6 Å². The summed E-state index contributed by atoms with van der Waals surface area (Å²) in [5.74, 6) is 0. The maximum absolute atomic E-state index is 2.64. The van der Waals surface area contributed by atoms with E-state index in [9.17, 15) is 0 Å². The summed E-state index contributed by atoms with van der Waals surface area (Å²) >= 11 is 0. The first-order chi connectivity index (χ1) is 23.6. The predicted molar refractivity (Wildman–Crippen MR) is 208 cm³/mol. The lowest BCUT2D eigenvalue weighted by atomic mass is 9.62. The minimum atomic E-state index is -2.09. The number of aromatic nitrogens is 1. The lowest BCUT2D eigenvalue weighted by Crippen LogP contribution is -2.64. The van der Waals surface area contributed by atoms with E-state index < -0.39 is 21.4 Å². The van der Waals surface area contributed by atoms with Crippen LogP contribution < -0.4 is 26.3 Å². The standard InChI is InChI=1S/C45H34NPSi/c1-48(2)42-27-14-11-23-37(42)45(39-30-33(28-29-43(39)48)47(31-16-5-3-6-17-31)32-18-7-4-8-19-32)36-22-10-13-26-41(36)46-40-25-12-9-20-34(40)35-21-15-24-38(45)44(35)46/h3-30H,1-2H3. The smallest absolute Gasteiger partial charge is 0.113 e. The Morgan fingerprint density at radius 2 is 1.04 bits per heavy atom. The van der Waals surface area contributed by atoms with Gasteiger partial charge in [0, 0.05) is 10.8 Å². The normalized spacial score (nSPS) is 17.0. The van der Waals surface area contributed by atoms with Crippen molar-refractivity contribution in [2.24, 2.45) is 0 Å². The molecule has 1 nitrogen and oxygen atoms in total. The Morgan fingerprint density at radius 1 is 0.458 bits per heavy atom. The van der Waals surface area contributed by atoms with Crippen LogP contribution in [0.1, 0.15) is 22.3 Å². The van der Waals surface area contributed by atoms with Crippen molar-refractivity contribution in [2.45, 2.75) is 18.5 Å². The summed E-state index contributed by atoms with van der Waals surface area (Å²) in [7, 11) is -2.85. The van der Waals surface area contributed by atoms with Gasteiger partial charge in [0.1, 0.15) is 8.07 Å². The van der Waals surface area contributed by atoms with Crippen LogP contribution in [0.2, 0.25) is 13.1 Å². The average molecular weight is 648 g/mol. The fourth-order valence-corrected chi connectivity index (χ4v) is 14.6. The van der Waals surface area contributed by atoms with Gasteiger partial charge in [-0.2, -0.15) is 0 Å². The van der Waals surface area contributed by atoms with Gasteiger partial charge in [0.25, 0.3) is 0 Å². The largest absolute Gasteiger partial charge is 0.309 e. The molecular formula is C45H34NPSi. The third kappa shape index (κ3) is 3.60. The molecule has 0 bridgehead atoms. The Hall–Kier alpha value is -5.01. The molecule has 2 aliphatic rings. The zero-order chi connectivity index (χ0) is 32.0. The van der Waals surface area contributed by atoms with Crippen LogP contribution >= 0.6 is 7.92 Å². The number of fused-ring (bicyclic) bond motifs is 11. The summed E-state index contributed by atoms with van der Waals surface area (Å²) in [6.45, 7) is 5.11. The number of rotatable bonds is 3. The monoisotopic (exact) mass is 647 g/mol. The average Bonchev–Trinajstić information content (AvgIpc) is 3.48. The van der Waals surface area contributed by atoms with Crippen LogP contribution in [0.4, 0.5) is 0 Å². The van der Waals surface area contributed by atoms with E-state index in [0.29, 0.717) is 0 Å². The molecule has 7 aromatic carbocycles. The van der Waals surface area contributed by atoms with E-state index in [4.69, 9.17) is 0 Å². The van der Waals surface area contributed by atoms with Gasteiger partial charge in [0.2, 0.25) is 0 Å². The third-order valence-electron chi connectivity index (χ3n) is 11.0. The molecule has 10 rings (SSSR count). The molecule has 0 fully saturated rings. The van der Waals surface area contributed by atoms with Gasteiger partial charge in [-0.3, -0.25) is 0 Å². The van der Waals surface area contributed by atoms with Crippen LogP contribution in [0.5, 0.6) is 0 Å². The quantitative estimate of drug-likeness (QED) is 0.134. The molecule has 0 radical (unpaired) electrons. The molecule has 0 saturated heterocycles. The van der Waals surface area contributed by atoms with Crippen molar-refractivity contribution in [1.29, 1.82) is 0 Å². The second-order valence-corrected chi connectivity index (χ2v) is 20.3. The zero-order valence-electron chi connectivity index (χ0n) is 27.1. The van der Waals surface area contributed by atoms with Gasteiger partial charge in [-0.15, -0.1) is 0 Å². The molecule has 48 heavy (non-hydrogen) atoms. The lowest BCUT2D eigenvalue weighted by molar-refractivity contribution is 0.732. The van der Waals surface area contributed by atoms with Gasteiger partial charge in [-0.1, -0.05) is 165 Å². The Labute approximate surface area is 283 Å². The highest BCUT2D eigenvalue weighted by Crippen LogP contribution is 2.55. The van der Waals surface area contributed by atoms with E-state index in [1.54, 1.807) is 0 Å². The van der Waals surface area contributed by atoms with E-state index in [0.717, 1.165) is 0 Å². The second kappa shape index (κ2) is 10.2. The van der Waals surface area contributed by atoms with E-state index in [1.807, 2.05) is 0 Å². The van der Waals surface area contributed by atoms with Gasteiger partial charge in [-0.25, -0.2) is 0 Å². The maximum atomic E-state index is 2.64. The van der Waals surface area contributed by atoms with E-state index in [-0.39, 0.29) is 0 Å². The number of benzene rings is 7. The SMILES string of the molecule is C[Si]1(C)c2ccccc2C2(c3ccccc3-n3c4ccccc4c4cccc2c43)c2cc(P(c3ccccc3)c3ccccc3)ccc21. The highest BCUT2D eigenvalue weighted by atomic mass is 31.1. The highest BCUT2D eigenvalue weighted by Gasteiger charge is 2.53. The zero-order valence-corrected chi connectivity index (χ0v) is 29.0. The summed E-state index contributed by atoms with van der Waals surface area (Å²) < 4.78 is 2.55. The molecule has 0 amide bonds. The molecule has 1 unspecified atom stereocenters. The summed E-state index contributed by atoms with van der Waals surface area (Å²) in [6.07, 6.45) is 0. The van der Waals surface area contributed by atoms with Crippen LogP contribution in [-0.2, 0) is 5.41 Å². The maximum Gasteiger partial charge on any atom is 0.113 e. The van der Waals surface area contributed by atoms with Gasteiger partial charge in [0.05, 0.1) is 22.1 Å². The van der Waals surface area contributed by atoms with Crippen molar-refractivity contribution in [3.63, 3.8) is 0 Å². The number of hydrogen-bond acceptors (Lipinski definition) is 0. The molecule has 3 heteroatoms. The van der Waals surface area contributed by atoms with Crippen molar-refractivity contribution < 1.29 is 0 Å². The van der Waals surface area contributed by atoms with E-state index >= 15 is 0 Å². The van der Waals surface area contributed by atoms with Crippen LogP contribution in [0.25, 0.3) is 27.5 Å². The van der Waals surface area contributed by atoms with Crippen molar-refractivity contribution in [3.05, 3.63) is 192 Å². The van der Waals surface area contributed by atoms with Crippen molar-refractivity contribution >= 4 is 64.1 Å². The first-order valence-corrected chi connectivity index (χ1v) is 21.2. The van der Waals surface area contributed by atoms with Crippen molar-refractivity contribution in [2.75, 3.05) is 0 Å². The summed E-state index contributed by atoms with van der Waals surface area (Å²) in [5, 5.41) is 9.88. The van der Waals surface area contributed by atoms with Gasteiger partial charge in [0.15, 0.2) is 0 Å². The Morgan fingerprint density at radius 3 is 1.81 bits per heavy atom. The molecule has 1 aromatic heterocycles. The first-order valence-electron chi connectivity index (χ1n) is 16.9. The molecule has 8 aromatic rings. The summed E-state index contributed by atoms with van der Waals surface area (Å²) in [4.78, 5) is 0. The van der Waals surface area contributed by atoms with E-state index in [2.05, 4.69) is 188 Å². The molecule has 3 heterocycles. The Bertz CT molecular complexity index is 2510. The van der Waals surface area contributed by atoms with Crippen molar-refractivity contribution in [3.8, 4) is 5.69 Å². The van der Waals surface area contributed by atoms with Crippen LogP contribution in [0, 0.1) is 0 Å². The van der Waals surface area contributed by atoms with Gasteiger partial charge >= 0.3 is 0 Å². The number of nitrogens with zero attached hydrogens (tertiary/aromatic N) is 1. The molecule has 0 saturated carbocycles. The molecule has 1 atom stereocenters. The fourth-order valence-electron chi connectivity index (χ4n) is 9.06. The van der Waals surface area contributed by atoms with Crippen molar-refractivity contribution in [1.82, 2.24) is 4.57 Å². The number of hydrogen-bond donors (Lipinski definition) is 0. The minimum absolute atomic E-state index is 0.459.